The van der Waals surface area contributed by atoms with Gasteiger partial charge in [0.1, 0.15) is 24.0 Å². The summed E-state index contributed by atoms with van der Waals surface area (Å²) >= 11 is 11.9. The number of alkyl halides is 2. The minimum absolute atomic E-state index is 0.0825. The molecule has 1 aromatic carbocycles. The maximum absolute atomic E-state index is 15.8. The molecule has 1 aliphatic rings. The third kappa shape index (κ3) is 7.05. The van der Waals surface area contributed by atoms with Crippen LogP contribution < -0.4 is 20.1 Å². The Labute approximate surface area is 245 Å². The van der Waals surface area contributed by atoms with Gasteiger partial charge in [0.15, 0.2) is 17.4 Å². The Bertz CT molecular complexity index is 1420. The van der Waals surface area contributed by atoms with Crippen molar-refractivity contribution in [3.63, 3.8) is 0 Å². The summed E-state index contributed by atoms with van der Waals surface area (Å²) in [4.78, 5) is 24.8. The highest BCUT2D eigenvalue weighted by Gasteiger charge is 2.58. The number of carbonyl (C=O) groups excluding carboxylic acids is 1. The van der Waals surface area contributed by atoms with E-state index in [1.165, 1.54) is 10.9 Å². The van der Waals surface area contributed by atoms with E-state index in [2.05, 4.69) is 20.0 Å². The second kappa shape index (κ2) is 12.7. The molecule has 2 aromatic heterocycles. The number of hydrogen-bond acceptors (Lipinski definition) is 12. The topological polar surface area (TPSA) is 165 Å². The van der Waals surface area contributed by atoms with Crippen LogP contribution in [0.2, 0.25) is 0 Å². The number of aliphatic hydroxyl groups is 1. The van der Waals surface area contributed by atoms with Gasteiger partial charge in [0.05, 0.1) is 25.6 Å². The molecule has 3 aromatic rings. The van der Waals surface area contributed by atoms with Gasteiger partial charge < -0.3 is 34.1 Å². The van der Waals surface area contributed by atoms with Crippen molar-refractivity contribution in [2.75, 3.05) is 18.9 Å². The summed E-state index contributed by atoms with van der Waals surface area (Å²) < 4.78 is 45.4. The van der Waals surface area contributed by atoms with Gasteiger partial charge in [-0.3, -0.25) is 9.36 Å². The van der Waals surface area contributed by atoms with Crippen molar-refractivity contribution in [3.05, 3.63) is 36.7 Å². The summed E-state index contributed by atoms with van der Waals surface area (Å²) in [5.41, 5.74) is 6.09. The van der Waals surface area contributed by atoms with Crippen LogP contribution in [0.25, 0.3) is 11.2 Å². The van der Waals surface area contributed by atoms with Crippen molar-refractivity contribution in [1.29, 1.82) is 0 Å². The van der Waals surface area contributed by atoms with Crippen LogP contribution in [0.15, 0.2) is 36.7 Å². The molecule has 0 saturated carbocycles. The van der Waals surface area contributed by atoms with Gasteiger partial charge in [-0.25, -0.2) is 14.5 Å². The van der Waals surface area contributed by atoms with Gasteiger partial charge in [-0.1, -0.05) is 29.8 Å². The zero-order chi connectivity index (χ0) is 29.9. The van der Waals surface area contributed by atoms with Crippen LogP contribution in [0, 0.1) is 0 Å². The predicted octanol–water partition coefficient (Wildman–Crippen LogP) is 3.22. The van der Waals surface area contributed by atoms with Crippen LogP contribution in [0.3, 0.4) is 0 Å². The molecule has 2 unspecified atom stereocenters. The molecule has 0 amide bonds. The Hall–Kier alpha value is -2.65. The van der Waals surface area contributed by atoms with Crippen molar-refractivity contribution in [3.8, 4) is 11.6 Å². The quantitative estimate of drug-likeness (QED) is 0.152. The van der Waals surface area contributed by atoms with Crippen LogP contribution in [-0.2, 0) is 30.6 Å². The number of nitrogens with two attached hydrogens (primary N) is 1. The van der Waals surface area contributed by atoms with Crippen LogP contribution in [-0.4, -0.2) is 73.3 Å². The number of hydrogen-bond donors (Lipinski definition) is 3. The van der Waals surface area contributed by atoms with E-state index in [1.807, 2.05) is 0 Å². The number of ether oxygens (including phenoxy) is 3. The highest BCUT2D eigenvalue weighted by Crippen LogP contribution is 2.49. The maximum Gasteiger partial charge on any atom is 0.323 e. The van der Waals surface area contributed by atoms with Crippen molar-refractivity contribution >= 4 is 53.1 Å². The minimum atomic E-state index is -3.50. The standard InChI is InChI=1S/C24H31ClFN6O7PS/c1-5-35-20-17-19(29-23(27)30-20)32(12-28-17)22-24(25,26)18(33)16(38-22)11-36-40(41,39-15-9-7-6-8-10-15)31-14(4)21(34)37-13(2)3/h6-10,12-14,16,18,22,33H,5,11H2,1-4H3,(H,31,41)(H2,27,29,30)/t14?,16-,18-,22-,24-,40?/m1/s1. The lowest BCUT2D eigenvalue weighted by Gasteiger charge is -2.28. The van der Waals surface area contributed by atoms with Gasteiger partial charge in [-0.2, -0.15) is 9.97 Å². The van der Waals surface area contributed by atoms with Crippen LogP contribution in [0.1, 0.15) is 33.9 Å². The number of fused-ring (bicyclic) bond motifs is 1. The Morgan fingerprint density at radius 2 is 2.05 bits per heavy atom. The summed E-state index contributed by atoms with van der Waals surface area (Å²) in [6, 6.07) is 7.64. The number of aliphatic hydroxyl groups excluding tert-OH is 1. The smallest absolute Gasteiger partial charge is 0.323 e. The second-order valence-corrected chi connectivity index (χ2v) is 13.0. The average Bonchev–Trinajstić information content (AvgIpc) is 3.41. The summed E-state index contributed by atoms with van der Waals surface area (Å²) in [6.45, 7) is 3.04. The molecule has 4 N–H and O–H groups in total. The number of para-hydroxylation sites is 1. The molecule has 17 heteroatoms. The van der Waals surface area contributed by atoms with E-state index in [9.17, 15) is 9.90 Å². The number of carbonyl (C=O) groups is 1. The molecule has 0 aliphatic carbocycles. The fraction of sp³-hybridized carbons (Fsp3) is 0.500. The van der Waals surface area contributed by atoms with E-state index in [-0.39, 0.29) is 35.7 Å². The van der Waals surface area contributed by atoms with Crippen LogP contribution >= 0.6 is 18.2 Å². The molecular weight excluding hydrogens is 602 g/mol. The molecule has 0 bridgehead atoms. The second-order valence-electron chi connectivity index (χ2n) is 9.32. The highest BCUT2D eigenvalue weighted by molar-refractivity contribution is 8.09. The first kappa shape index (κ1) is 31.3. The first-order valence-corrected chi connectivity index (χ1v) is 15.7. The first-order valence-electron chi connectivity index (χ1n) is 12.7. The number of nitrogens with one attached hydrogen (secondary N) is 1. The van der Waals surface area contributed by atoms with Gasteiger partial charge in [-0.15, -0.1) is 0 Å². The molecule has 41 heavy (non-hydrogen) atoms. The number of imidazole rings is 1. The van der Waals surface area contributed by atoms with Gasteiger partial charge in [0.25, 0.3) is 5.13 Å². The third-order valence-electron chi connectivity index (χ3n) is 5.75. The SMILES string of the molecule is CCOc1nc(N)nc2c1ncn2[C@@H]1O[C@H](COP(=S)(NC(C)C(=O)OC(C)C)Oc2ccccc2)[C@@H](O)[C@]1(F)Cl. The number of nitrogen functional groups attached to an aromatic ring is 1. The Morgan fingerprint density at radius 1 is 1.34 bits per heavy atom. The number of aromatic nitrogens is 4. The van der Waals surface area contributed by atoms with E-state index in [0.717, 1.165) is 0 Å². The molecular formula is C24H31ClFN6O7PS. The highest BCUT2D eigenvalue weighted by atomic mass is 35.5. The van der Waals surface area contributed by atoms with Gasteiger partial charge in [0.2, 0.25) is 11.8 Å². The average molecular weight is 633 g/mol. The van der Waals surface area contributed by atoms with Crippen LogP contribution in [0.4, 0.5) is 10.3 Å². The monoisotopic (exact) mass is 632 g/mol. The van der Waals surface area contributed by atoms with E-state index in [4.69, 9.17) is 52.4 Å². The van der Waals surface area contributed by atoms with E-state index >= 15 is 4.39 Å². The first-order chi connectivity index (χ1) is 19.3. The van der Waals surface area contributed by atoms with E-state index in [1.54, 1.807) is 58.0 Å². The van der Waals surface area contributed by atoms with Crippen molar-refractivity contribution in [1.82, 2.24) is 24.6 Å². The lowest BCUT2D eigenvalue weighted by Crippen LogP contribution is -2.40. The number of benzene rings is 1. The number of rotatable bonds is 12. The van der Waals surface area contributed by atoms with E-state index in [0.29, 0.717) is 5.75 Å². The molecule has 1 aliphatic heterocycles. The molecule has 0 radical (unpaired) electrons. The Kier molecular flexibility index (Phi) is 9.69. The lowest BCUT2D eigenvalue weighted by atomic mass is 10.1. The van der Waals surface area contributed by atoms with Crippen LogP contribution in [0.5, 0.6) is 11.6 Å². The Morgan fingerprint density at radius 3 is 2.71 bits per heavy atom. The van der Waals surface area contributed by atoms with Gasteiger partial charge >= 0.3 is 12.6 Å². The number of anilines is 1. The molecule has 1 saturated heterocycles. The summed E-state index contributed by atoms with van der Waals surface area (Å²) in [7, 11) is 0. The van der Waals surface area contributed by atoms with Crippen molar-refractivity contribution < 1.29 is 37.5 Å². The fourth-order valence-electron chi connectivity index (χ4n) is 3.93. The molecule has 224 valence electrons. The minimum Gasteiger partial charge on any atom is -0.476 e. The molecule has 13 nitrogen and oxygen atoms in total. The summed E-state index contributed by atoms with van der Waals surface area (Å²) in [5, 5.41) is 10.9. The maximum atomic E-state index is 15.8. The zero-order valence-corrected chi connectivity index (χ0v) is 25.1. The number of nitrogens with zero attached hydrogens (tertiary/aromatic N) is 4. The predicted molar refractivity (Wildman–Crippen MR) is 152 cm³/mol. The number of esters is 1. The van der Waals surface area contributed by atoms with E-state index < -0.39 is 48.8 Å². The third-order valence-corrected chi connectivity index (χ3v) is 8.66. The molecule has 0 spiro atoms. The summed E-state index contributed by atoms with van der Waals surface area (Å²) in [6.07, 6.45) is -3.91. The molecule has 6 atom stereocenters. The van der Waals surface area contributed by atoms with Crippen molar-refractivity contribution in [2.45, 2.75) is 63.4 Å². The van der Waals surface area contributed by atoms with Crippen molar-refractivity contribution in [2.24, 2.45) is 0 Å². The summed E-state index contributed by atoms with van der Waals surface area (Å²) in [5.74, 6) is -0.255. The van der Waals surface area contributed by atoms with Gasteiger partial charge in [-0.05, 0) is 51.6 Å². The largest absolute Gasteiger partial charge is 0.476 e. The zero-order valence-electron chi connectivity index (χ0n) is 22.6. The van der Waals surface area contributed by atoms with Gasteiger partial charge in [0, 0.05) is 0 Å². The fourth-order valence-corrected chi connectivity index (χ4v) is 6.64. The molecule has 1 fully saturated rings. The Balaban J connectivity index is 1.56. The molecule has 4 rings (SSSR count). The lowest BCUT2D eigenvalue weighted by molar-refractivity contribution is -0.149. The normalized spacial score (nSPS) is 24.7. The number of halogens is 2. The molecule has 3 heterocycles.